The lowest BCUT2D eigenvalue weighted by molar-refractivity contribution is 0.0924. The van der Waals surface area contributed by atoms with Gasteiger partial charge in [-0.2, -0.15) is 5.10 Å². The molecule has 0 unspecified atom stereocenters. The molecule has 0 aliphatic carbocycles. The highest BCUT2D eigenvalue weighted by Crippen LogP contribution is 2.32. The number of nitrogens with one attached hydrogen (secondary N) is 1. The van der Waals surface area contributed by atoms with Crippen molar-refractivity contribution in [2.24, 2.45) is 0 Å². The summed E-state index contributed by atoms with van der Waals surface area (Å²) < 4.78 is 8.53. The summed E-state index contributed by atoms with van der Waals surface area (Å²) in [4.78, 5) is 21.1. The van der Waals surface area contributed by atoms with Crippen molar-refractivity contribution < 1.29 is 9.53 Å². The van der Waals surface area contributed by atoms with Crippen molar-refractivity contribution in [1.82, 2.24) is 25.1 Å². The largest absolute Gasteiger partial charge is 0.490 e. The molecule has 8 heteroatoms. The summed E-state index contributed by atoms with van der Waals surface area (Å²) in [5.74, 6) is 1.14. The molecule has 1 aliphatic rings. The number of hydrogen-bond donors (Lipinski definition) is 1. The zero-order valence-electron chi connectivity index (χ0n) is 14.9. The standard InChI is InChI=1S/C19H18BrN5O2/c1-11(2)27-17-4-3-12(20)9-13(17)18-21-6-5-14(23-18)15-10-16-19(26)22-7-8-25(16)24-15/h3-6,9-11H,7-8H2,1-2H3,(H,22,26). The first-order valence-electron chi connectivity index (χ1n) is 8.67. The lowest BCUT2D eigenvalue weighted by atomic mass is 10.1. The number of fused-ring (bicyclic) bond motifs is 1. The van der Waals surface area contributed by atoms with Crippen LogP contribution in [0, 0.1) is 0 Å². The van der Waals surface area contributed by atoms with Crippen LogP contribution in [0.1, 0.15) is 24.3 Å². The number of halogens is 1. The number of ether oxygens (including phenoxy) is 1. The van der Waals surface area contributed by atoms with Crippen molar-refractivity contribution in [3.8, 4) is 28.5 Å². The molecule has 0 spiro atoms. The van der Waals surface area contributed by atoms with Gasteiger partial charge < -0.3 is 10.1 Å². The lowest BCUT2D eigenvalue weighted by Crippen LogP contribution is -2.35. The zero-order chi connectivity index (χ0) is 19.0. The molecule has 138 valence electrons. The Labute approximate surface area is 164 Å². The van der Waals surface area contributed by atoms with Gasteiger partial charge in [0.1, 0.15) is 17.1 Å². The predicted molar refractivity (Wildman–Crippen MR) is 104 cm³/mol. The molecule has 1 aliphatic heterocycles. The molecular weight excluding hydrogens is 410 g/mol. The summed E-state index contributed by atoms with van der Waals surface area (Å²) in [6, 6.07) is 9.30. The van der Waals surface area contributed by atoms with Crippen LogP contribution >= 0.6 is 15.9 Å². The van der Waals surface area contributed by atoms with Crippen LogP contribution in [0.15, 0.2) is 41.0 Å². The summed E-state index contributed by atoms with van der Waals surface area (Å²) in [7, 11) is 0. The minimum Gasteiger partial charge on any atom is -0.490 e. The van der Waals surface area contributed by atoms with Gasteiger partial charge in [0.2, 0.25) is 0 Å². The van der Waals surface area contributed by atoms with E-state index in [-0.39, 0.29) is 12.0 Å². The van der Waals surface area contributed by atoms with Gasteiger partial charge in [-0.05, 0) is 44.2 Å². The Morgan fingerprint density at radius 2 is 2.07 bits per heavy atom. The van der Waals surface area contributed by atoms with Crippen molar-refractivity contribution in [1.29, 1.82) is 0 Å². The summed E-state index contributed by atoms with van der Waals surface area (Å²) in [5, 5.41) is 7.34. The van der Waals surface area contributed by atoms with Gasteiger partial charge >= 0.3 is 0 Å². The maximum Gasteiger partial charge on any atom is 0.269 e. The van der Waals surface area contributed by atoms with E-state index in [1.165, 1.54) is 0 Å². The monoisotopic (exact) mass is 427 g/mol. The van der Waals surface area contributed by atoms with Gasteiger partial charge in [-0.1, -0.05) is 15.9 Å². The second-order valence-electron chi connectivity index (χ2n) is 6.47. The third-order valence-corrected chi connectivity index (χ3v) is 4.58. The molecule has 0 fully saturated rings. The molecule has 27 heavy (non-hydrogen) atoms. The average Bonchev–Trinajstić information content (AvgIpc) is 3.09. The van der Waals surface area contributed by atoms with Crippen molar-refractivity contribution in [3.63, 3.8) is 0 Å². The number of carbonyl (C=O) groups is 1. The molecule has 7 nitrogen and oxygen atoms in total. The van der Waals surface area contributed by atoms with E-state index in [0.717, 1.165) is 10.0 Å². The predicted octanol–water partition coefficient (Wildman–Crippen LogP) is 3.30. The van der Waals surface area contributed by atoms with E-state index < -0.39 is 0 Å². The molecular formula is C19H18BrN5O2. The maximum atomic E-state index is 12.0. The van der Waals surface area contributed by atoms with Crippen molar-refractivity contribution in [2.75, 3.05) is 6.54 Å². The Balaban J connectivity index is 1.76. The second-order valence-corrected chi connectivity index (χ2v) is 7.38. The molecule has 2 aromatic heterocycles. The van der Waals surface area contributed by atoms with Crippen LogP contribution in [0.2, 0.25) is 0 Å². The van der Waals surface area contributed by atoms with Crippen LogP contribution in [-0.2, 0) is 6.54 Å². The fourth-order valence-corrected chi connectivity index (χ4v) is 3.29. The van der Waals surface area contributed by atoms with Gasteiger partial charge in [0, 0.05) is 17.2 Å². The number of nitrogens with zero attached hydrogens (tertiary/aromatic N) is 4. The molecule has 1 aromatic carbocycles. The minimum atomic E-state index is -0.117. The van der Waals surface area contributed by atoms with Crippen molar-refractivity contribution >= 4 is 21.8 Å². The highest BCUT2D eigenvalue weighted by molar-refractivity contribution is 9.10. The Hall–Kier alpha value is -2.74. The number of rotatable bonds is 4. The minimum absolute atomic E-state index is 0.0338. The van der Waals surface area contributed by atoms with Gasteiger partial charge in [-0.3, -0.25) is 9.48 Å². The number of carbonyl (C=O) groups excluding carboxylic acids is 1. The van der Waals surface area contributed by atoms with Gasteiger partial charge in [0.15, 0.2) is 5.82 Å². The Bertz CT molecular complexity index is 1020. The molecule has 3 heterocycles. The summed E-state index contributed by atoms with van der Waals surface area (Å²) in [5.41, 5.74) is 2.64. The third kappa shape index (κ3) is 3.57. The van der Waals surface area contributed by atoms with Gasteiger partial charge in [0.05, 0.1) is 23.9 Å². The van der Waals surface area contributed by atoms with Gasteiger partial charge in [-0.25, -0.2) is 9.97 Å². The van der Waals surface area contributed by atoms with Gasteiger partial charge in [0.25, 0.3) is 5.91 Å². The highest BCUT2D eigenvalue weighted by Gasteiger charge is 2.21. The van der Waals surface area contributed by atoms with E-state index in [1.807, 2.05) is 32.0 Å². The van der Waals surface area contributed by atoms with E-state index in [1.54, 1.807) is 23.0 Å². The third-order valence-electron chi connectivity index (χ3n) is 4.08. The quantitative estimate of drug-likeness (QED) is 0.690. The Morgan fingerprint density at radius 1 is 1.22 bits per heavy atom. The van der Waals surface area contributed by atoms with E-state index in [0.29, 0.717) is 41.7 Å². The summed E-state index contributed by atoms with van der Waals surface area (Å²) in [6.45, 7) is 5.18. The number of hydrogen-bond acceptors (Lipinski definition) is 5. The first-order chi connectivity index (χ1) is 13.0. The molecule has 0 saturated carbocycles. The lowest BCUT2D eigenvalue weighted by Gasteiger charge is -2.14. The molecule has 0 bridgehead atoms. The molecule has 0 radical (unpaired) electrons. The second kappa shape index (κ2) is 7.11. The van der Waals surface area contributed by atoms with E-state index in [4.69, 9.17) is 4.74 Å². The fourth-order valence-electron chi connectivity index (χ4n) is 2.93. The zero-order valence-corrected chi connectivity index (χ0v) is 16.5. The van der Waals surface area contributed by atoms with Crippen molar-refractivity contribution in [3.05, 3.63) is 46.7 Å². The molecule has 4 rings (SSSR count). The average molecular weight is 428 g/mol. The topological polar surface area (TPSA) is 81.9 Å². The molecule has 3 aromatic rings. The van der Waals surface area contributed by atoms with Gasteiger partial charge in [-0.15, -0.1) is 0 Å². The maximum absolute atomic E-state index is 12.0. The Kier molecular flexibility index (Phi) is 4.65. The fraction of sp³-hybridized carbons (Fsp3) is 0.263. The van der Waals surface area contributed by atoms with E-state index in [9.17, 15) is 4.79 Å². The Morgan fingerprint density at radius 3 is 2.85 bits per heavy atom. The smallest absolute Gasteiger partial charge is 0.269 e. The molecule has 1 N–H and O–H groups in total. The molecule has 1 amide bonds. The molecule has 0 atom stereocenters. The summed E-state index contributed by atoms with van der Waals surface area (Å²) in [6.07, 6.45) is 1.72. The summed E-state index contributed by atoms with van der Waals surface area (Å²) >= 11 is 3.50. The number of amides is 1. The SMILES string of the molecule is CC(C)Oc1ccc(Br)cc1-c1nccc(-c2cc3n(n2)CCNC3=O)n1. The highest BCUT2D eigenvalue weighted by atomic mass is 79.9. The number of aromatic nitrogens is 4. The first kappa shape index (κ1) is 17.7. The van der Waals surface area contributed by atoms with Crippen LogP contribution in [0.5, 0.6) is 5.75 Å². The van der Waals surface area contributed by atoms with Crippen LogP contribution < -0.4 is 10.1 Å². The molecule has 0 saturated heterocycles. The van der Waals surface area contributed by atoms with Crippen LogP contribution in [0.3, 0.4) is 0 Å². The van der Waals surface area contributed by atoms with E-state index >= 15 is 0 Å². The van der Waals surface area contributed by atoms with E-state index in [2.05, 4.69) is 36.3 Å². The first-order valence-corrected chi connectivity index (χ1v) is 9.46. The normalized spacial score (nSPS) is 13.4. The number of benzene rings is 1. The van der Waals surface area contributed by atoms with Crippen molar-refractivity contribution in [2.45, 2.75) is 26.5 Å². The van der Waals surface area contributed by atoms with Crippen LogP contribution in [-0.4, -0.2) is 38.3 Å². The van der Waals surface area contributed by atoms with Crippen LogP contribution in [0.4, 0.5) is 0 Å². The van der Waals surface area contributed by atoms with Crippen LogP contribution in [0.25, 0.3) is 22.8 Å².